The van der Waals surface area contributed by atoms with Crippen molar-refractivity contribution < 1.29 is 0 Å². The molecule has 13 heavy (non-hydrogen) atoms. The Bertz CT molecular complexity index is 309. The second-order valence-corrected chi connectivity index (χ2v) is 3.60. The molecule has 2 rings (SSSR count). The lowest BCUT2D eigenvalue weighted by atomic mass is 9.92. The highest BCUT2D eigenvalue weighted by atomic mass is 15.0. The first-order valence-corrected chi connectivity index (χ1v) is 4.71. The molecule has 1 aliphatic rings. The van der Waals surface area contributed by atoms with E-state index in [0.717, 1.165) is 25.3 Å². The van der Waals surface area contributed by atoms with Gasteiger partial charge in [0, 0.05) is 18.7 Å². The Labute approximate surface area is 78.4 Å². The van der Waals surface area contributed by atoms with Crippen LogP contribution in [0.5, 0.6) is 0 Å². The number of aryl methyl sites for hydroxylation is 1. The van der Waals surface area contributed by atoms with E-state index in [-0.39, 0.29) is 0 Å². The number of nitrogens with two attached hydrogens (primary N) is 1. The molecule has 0 aliphatic carbocycles. The molecule has 1 atom stereocenters. The van der Waals surface area contributed by atoms with E-state index in [1.54, 1.807) is 0 Å². The zero-order chi connectivity index (χ0) is 9.26. The van der Waals surface area contributed by atoms with Crippen LogP contribution in [0.2, 0.25) is 0 Å². The van der Waals surface area contributed by atoms with E-state index in [9.17, 15) is 0 Å². The van der Waals surface area contributed by atoms with Gasteiger partial charge in [-0.2, -0.15) is 0 Å². The molecule has 1 aliphatic heterocycles. The van der Waals surface area contributed by atoms with Crippen LogP contribution >= 0.6 is 0 Å². The standard InChI is InChI=1S/C10H15N3/c1-7-4-9-8(5-11)2-3-12-10(9)13-6-7/h4,6,8H,2-3,5,11H2,1H3,(H,12,13). The molecule has 1 aromatic rings. The number of fused-ring (bicyclic) bond motifs is 1. The van der Waals surface area contributed by atoms with Crippen LogP contribution < -0.4 is 11.1 Å². The summed E-state index contributed by atoms with van der Waals surface area (Å²) in [5.74, 6) is 1.51. The van der Waals surface area contributed by atoms with Crippen LogP contribution in [0.3, 0.4) is 0 Å². The number of anilines is 1. The number of hydrogen-bond donors (Lipinski definition) is 2. The van der Waals surface area contributed by atoms with Crippen molar-refractivity contribution >= 4 is 5.82 Å². The maximum Gasteiger partial charge on any atom is 0.129 e. The zero-order valence-corrected chi connectivity index (χ0v) is 7.88. The maximum atomic E-state index is 5.71. The highest BCUT2D eigenvalue weighted by Gasteiger charge is 2.19. The van der Waals surface area contributed by atoms with E-state index in [4.69, 9.17) is 5.73 Å². The third-order valence-corrected chi connectivity index (χ3v) is 2.56. The van der Waals surface area contributed by atoms with Crippen LogP contribution in [0.25, 0.3) is 0 Å². The Kier molecular flexibility index (Phi) is 2.19. The zero-order valence-electron chi connectivity index (χ0n) is 7.88. The molecule has 0 aromatic carbocycles. The highest BCUT2D eigenvalue weighted by Crippen LogP contribution is 2.29. The second kappa shape index (κ2) is 3.34. The quantitative estimate of drug-likeness (QED) is 0.678. The Morgan fingerprint density at radius 1 is 1.69 bits per heavy atom. The van der Waals surface area contributed by atoms with E-state index in [2.05, 4.69) is 23.3 Å². The van der Waals surface area contributed by atoms with Crippen molar-refractivity contribution in [1.82, 2.24) is 4.98 Å². The summed E-state index contributed by atoms with van der Waals surface area (Å²) in [6, 6.07) is 2.19. The normalized spacial score (nSPS) is 20.6. The minimum absolute atomic E-state index is 0.489. The number of nitrogens with one attached hydrogen (secondary N) is 1. The van der Waals surface area contributed by atoms with E-state index < -0.39 is 0 Å². The molecule has 0 fully saturated rings. The van der Waals surface area contributed by atoms with Gasteiger partial charge < -0.3 is 11.1 Å². The van der Waals surface area contributed by atoms with Crippen LogP contribution in [0.1, 0.15) is 23.5 Å². The lowest BCUT2D eigenvalue weighted by molar-refractivity contribution is 0.631. The molecular weight excluding hydrogens is 162 g/mol. The molecular formula is C10H15N3. The summed E-state index contributed by atoms with van der Waals surface area (Å²) in [6.07, 6.45) is 3.01. The summed E-state index contributed by atoms with van der Waals surface area (Å²) in [5, 5.41) is 3.29. The number of aromatic nitrogens is 1. The van der Waals surface area contributed by atoms with Gasteiger partial charge in [-0.15, -0.1) is 0 Å². The first-order chi connectivity index (χ1) is 6.31. The predicted molar refractivity (Wildman–Crippen MR) is 53.9 cm³/mol. The molecule has 2 heterocycles. The van der Waals surface area contributed by atoms with Crippen molar-refractivity contribution in [3.05, 3.63) is 23.4 Å². The van der Waals surface area contributed by atoms with Gasteiger partial charge in [0.25, 0.3) is 0 Å². The van der Waals surface area contributed by atoms with E-state index in [1.807, 2.05) is 6.20 Å². The minimum atomic E-state index is 0.489. The number of pyridine rings is 1. The molecule has 3 N–H and O–H groups in total. The van der Waals surface area contributed by atoms with Crippen molar-refractivity contribution in [2.75, 3.05) is 18.4 Å². The minimum Gasteiger partial charge on any atom is -0.370 e. The van der Waals surface area contributed by atoms with Crippen molar-refractivity contribution in [2.24, 2.45) is 5.73 Å². The van der Waals surface area contributed by atoms with Gasteiger partial charge in [-0.1, -0.05) is 6.07 Å². The van der Waals surface area contributed by atoms with Crippen molar-refractivity contribution in [3.63, 3.8) is 0 Å². The van der Waals surface area contributed by atoms with Crippen LogP contribution in [-0.2, 0) is 0 Å². The number of hydrogen-bond acceptors (Lipinski definition) is 3. The smallest absolute Gasteiger partial charge is 0.129 e. The fraction of sp³-hybridized carbons (Fsp3) is 0.500. The highest BCUT2D eigenvalue weighted by molar-refractivity contribution is 5.49. The third kappa shape index (κ3) is 1.52. The van der Waals surface area contributed by atoms with Crippen LogP contribution in [0.15, 0.2) is 12.3 Å². The van der Waals surface area contributed by atoms with Gasteiger partial charge in [0.15, 0.2) is 0 Å². The average Bonchev–Trinajstić information content (AvgIpc) is 2.17. The SMILES string of the molecule is Cc1cnc2c(c1)C(CN)CCN2. The first kappa shape index (κ1) is 8.51. The van der Waals surface area contributed by atoms with Crippen LogP contribution in [0.4, 0.5) is 5.82 Å². The lowest BCUT2D eigenvalue weighted by Gasteiger charge is -2.24. The molecule has 0 amide bonds. The molecule has 0 saturated carbocycles. The maximum absolute atomic E-state index is 5.71. The van der Waals surface area contributed by atoms with E-state index in [1.165, 1.54) is 11.1 Å². The molecule has 0 radical (unpaired) electrons. The van der Waals surface area contributed by atoms with Gasteiger partial charge in [0.05, 0.1) is 0 Å². The Balaban J connectivity index is 2.41. The molecule has 3 nitrogen and oxygen atoms in total. The summed E-state index contributed by atoms with van der Waals surface area (Å²) < 4.78 is 0. The van der Waals surface area contributed by atoms with Gasteiger partial charge in [0.2, 0.25) is 0 Å². The van der Waals surface area contributed by atoms with E-state index >= 15 is 0 Å². The molecule has 1 aromatic heterocycles. The summed E-state index contributed by atoms with van der Waals surface area (Å²) in [5.41, 5.74) is 8.21. The number of rotatable bonds is 1. The predicted octanol–water partition coefficient (Wildman–Crippen LogP) is 1.25. The molecule has 0 saturated heterocycles. The van der Waals surface area contributed by atoms with Gasteiger partial charge in [0.1, 0.15) is 5.82 Å². The Morgan fingerprint density at radius 3 is 3.31 bits per heavy atom. The molecule has 70 valence electrons. The Morgan fingerprint density at radius 2 is 2.54 bits per heavy atom. The van der Waals surface area contributed by atoms with Gasteiger partial charge in [-0.05, 0) is 31.0 Å². The van der Waals surface area contributed by atoms with Crippen molar-refractivity contribution in [2.45, 2.75) is 19.3 Å². The van der Waals surface area contributed by atoms with Gasteiger partial charge >= 0.3 is 0 Å². The second-order valence-electron chi connectivity index (χ2n) is 3.60. The van der Waals surface area contributed by atoms with E-state index in [0.29, 0.717) is 5.92 Å². The van der Waals surface area contributed by atoms with Crippen molar-refractivity contribution in [3.8, 4) is 0 Å². The summed E-state index contributed by atoms with van der Waals surface area (Å²) in [4.78, 5) is 4.35. The molecule has 0 spiro atoms. The topological polar surface area (TPSA) is 50.9 Å². The largest absolute Gasteiger partial charge is 0.370 e. The monoisotopic (exact) mass is 177 g/mol. The molecule has 0 bridgehead atoms. The van der Waals surface area contributed by atoms with Gasteiger partial charge in [-0.3, -0.25) is 0 Å². The van der Waals surface area contributed by atoms with Crippen LogP contribution in [-0.4, -0.2) is 18.1 Å². The summed E-state index contributed by atoms with van der Waals surface area (Å²) >= 11 is 0. The summed E-state index contributed by atoms with van der Waals surface area (Å²) in [7, 11) is 0. The molecule has 1 unspecified atom stereocenters. The van der Waals surface area contributed by atoms with Gasteiger partial charge in [-0.25, -0.2) is 4.98 Å². The first-order valence-electron chi connectivity index (χ1n) is 4.71. The van der Waals surface area contributed by atoms with Crippen LogP contribution in [0, 0.1) is 6.92 Å². The molecule has 3 heteroatoms. The number of nitrogens with zero attached hydrogens (tertiary/aromatic N) is 1. The average molecular weight is 177 g/mol. The van der Waals surface area contributed by atoms with Crippen molar-refractivity contribution in [1.29, 1.82) is 0 Å². The summed E-state index contributed by atoms with van der Waals surface area (Å²) in [6.45, 7) is 3.78. The third-order valence-electron chi connectivity index (χ3n) is 2.56. The Hall–Kier alpha value is -1.09. The fourth-order valence-electron chi connectivity index (χ4n) is 1.82. The lowest BCUT2D eigenvalue weighted by Crippen LogP contribution is -2.23. The fourth-order valence-corrected chi connectivity index (χ4v) is 1.82.